The molecular formula is C10H8BrN3OS2. The number of benzene rings is 1. The van der Waals surface area contributed by atoms with Gasteiger partial charge in [-0.2, -0.15) is 0 Å². The molecule has 0 saturated heterocycles. The fraction of sp³-hybridized carbons (Fsp3) is 0. The minimum Gasteiger partial charge on any atom is -0.409 e. The van der Waals surface area contributed by atoms with E-state index >= 15 is 0 Å². The lowest BCUT2D eigenvalue weighted by Gasteiger charge is -2.04. The van der Waals surface area contributed by atoms with Crippen molar-refractivity contribution in [3.63, 3.8) is 0 Å². The van der Waals surface area contributed by atoms with Gasteiger partial charge in [0.05, 0.1) is 0 Å². The largest absolute Gasteiger partial charge is 0.409 e. The number of nitrogens with zero attached hydrogens (tertiary/aromatic N) is 2. The van der Waals surface area contributed by atoms with Gasteiger partial charge in [0.15, 0.2) is 10.2 Å². The van der Waals surface area contributed by atoms with E-state index in [0.717, 1.165) is 13.7 Å². The molecule has 1 aromatic heterocycles. The van der Waals surface area contributed by atoms with Crippen LogP contribution < -0.4 is 5.73 Å². The molecule has 0 aliphatic heterocycles. The van der Waals surface area contributed by atoms with Crippen LogP contribution in [0, 0.1) is 0 Å². The molecule has 7 heteroatoms. The monoisotopic (exact) mass is 329 g/mol. The van der Waals surface area contributed by atoms with Crippen LogP contribution in [0.1, 0.15) is 5.56 Å². The van der Waals surface area contributed by atoms with E-state index in [2.05, 4.69) is 26.1 Å². The van der Waals surface area contributed by atoms with Gasteiger partial charge < -0.3 is 10.9 Å². The summed E-state index contributed by atoms with van der Waals surface area (Å²) < 4.78 is 1.86. The van der Waals surface area contributed by atoms with E-state index in [1.807, 2.05) is 17.5 Å². The Morgan fingerprint density at radius 2 is 2.35 bits per heavy atom. The number of aromatic nitrogens is 1. The Hall–Kier alpha value is -1.05. The Kier molecular flexibility index (Phi) is 4.03. The summed E-state index contributed by atoms with van der Waals surface area (Å²) >= 11 is 6.60. The van der Waals surface area contributed by atoms with Gasteiger partial charge in [0.2, 0.25) is 0 Å². The van der Waals surface area contributed by atoms with Crippen molar-refractivity contribution < 1.29 is 5.21 Å². The molecular weight excluding hydrogens is 322 g/mol. The Bertz CT molecular complexity index is 542. The molecule has 0 bridgehead atoms. The Morgan fingerprint density at radius 3 is 2.94 bits per heavy atom. The molecule has 3 N–H and O–H groups in total. The van der Waals surface area contributed by atoms with Gasteiger partial charge in [0, 0.05) is 26.5 Å². The van der Waals surface area contributed by atoms with Crippen molar-refractivity contribution in [2.45, 2.75) is 9.24 Å². The SMILES string of the molecule is N/C(=N/O)c1ccc(Sc2nccs2)c(Br)c1. The van der Waals surface area contributed by atoms with Crippen LogP contribution >= 0.6 is 39.0 Å². The Balaban J connectivity index is 2.26. The molecule has 1 heterocycles. The summed E-state index contributed by atoms with van der Waals surface area (Å²) in [4.78, 5) is 5.24. The molecule has 17 heavy (non-hydrogen) atoms. The maximum Gasteiger partial charge on any atom is 0.170 e. The van der Waals surface area contributed by atoms with Gasteiger partial charge in [0.25, 0.3) is 0 Å². The zero-order valence-electron chi connectivity index (χ0n) is 8.50. The van der Waals surface area contributed by atoms with Crippen molar-refractivity contribution in [2.24, 2.45) is 10.9 Å². The summed E-state index contributed by atoms with van der Waals surface area (Å²) in [6.07, 6.45) is 1.77. The first-order chi connectivity index (χ1) is 8.20. The molecule has 2 rings (SSSR count). The second kappa shape index (κ2) is 5.52. The highest BCUT2D eigenvalue weighted by Crippen LogP contribution is 2.34. The standard InChI is InChI=1S/C10H8BrN3OS2/c11-7-5-6(9(12)14-15)1-2-8(7)17-10-13-3-4-16-10/h1-5,15H,(H2,12,14). The van der Waals surface area contributed by atoms with Crippen LogP contribution in [0.2, 0.25) is 0 Å². The predicted octanol–water partition coefficient (Wildman–Crippen LogP) is 3.15. The zero-order chi connectivity index (χ0) is 12.3. The number of hydrogen-bond acceptors (Lipinski definition) is 5. The molecule has 0 radical (unpaired) electrons. The molecule has 4 nitrogen and oxygen atoms in total. The number of oxime groups is 1. The molecule has 0 unspecified atom stereocenters. The number of rotatable bonds is 3. The van der Waals surface area contributed by atoms with Crippen LogP contribution in [0.5, 0.6) is 0 Å². The van der Waals surface area contributed by atoms with Gasteiger partial charge in [-0.3, -0.25) is 0 Å². The third kappa shape index (κ3) is 2.99. The van der Waals surface area contributed by atoms with Crippen molar-refractivity contribution >= 4 is 44.9 Å². The Morgan fingerprint density at radius 1 is 1.53 bits per heavy atom. The lowest BCUT2D eigenvalue weighted by Crippen LogP contribution is -2.12. The molecule has 2 aromatic rings. The van der Waals surface area contributed by atoms with E-state index in [9.17, 15) is 0 Å². The Labute approximate surface area is 115 Å². The van der Waals surface area contributed by atoms with Crippen molar-refractivity contribution in [3.05, 3.63) is 39.8 Å². The van der Waals surface area contributed by atoms with E-state index in [1.54, 1.807) is 35.4 Å². The second-order valence-electron chi connectivity index (χ2n) is 3.03. The molecule has 0 aliphatic rings. The van der Waals surface area contributed by atoms with Gasteiger partial charge >= 0.3 is 0 Å². The van der Waals surface area contributed by atoms with Crippen LogP contribution in [-0.4, -0.2) is 16.0 Å². The molecule has 88 valence electrons. The van der Waals surface area contributed by atoms with Crippen LogP contribution in [-0.2, 0) is 0 Å². The molecule has 0 atom stereocenters. The highest BCUT2D eigenvalue weighted by Gasteiger charge is 2.07. The average Bonchev–Trinajstić information content (AvgIpc) is 2.83. The average molecular weight is 330 g/mol. The predicted molar refractivity (Wildman–Crippen MR) is 72.9 cm³/mol. The zero-order valence-corrected chi connectivity index (χ0v) is 11.7. The van der Waals surface area contributed by atoms with Gasteiger partial charge in [-0.15, -0.1) is 11.3 Å². The van der Waals surface area contributed by atoms with Crippen molar-refractivity contribution in [3.8, 4) is 0 Å². The number of amidine groups is 1. The van der Waals surface area contributed by atoms with Gasteiger partial charge in [-0.05, 0) is 34.1 Å². The molecule has 0 amide bonds. The molecule has 0 spiro atoms. The van der Waals surface area contributed by atoms with E-state index in [0.29, 0.717) is 5.56 Å². The van der Waals surface area contributed by atoms with Crippen molar-refractivity contribution in [2.75, 3.05) is 0 Å². The fourth-order valence-corrected chi connectivity index (χ4v) is 3.36. The normalized spacial score (nSPS) is 11.7. The van der Waals surface area contributed by atoms with E-state index in [-0.39, 0.29) is 5.84 Å². The third-order valence-corrected chi connectivity index (χ3v) is 4.82. The first-order valence-corrected chi connectivity index (χ1v) is 7.04. The van der Waals surface area contributed by atoms with Crippen LogP contribution in [0.3, 0.4) is 0 Å². The molecule has 0 fully saturated rings. The lowest BCUT2D eigenvalue weighted by molar-refractivity contribution is 0.318. The molecule has 0 aliphatic carbocycles. The van der Waals surface area contributed by atoms with Crippen molar-refractivity contribution in [1.82, 2.24) is 4.98 Å². The van der Waals surface area contributed by atoms with Gasteiger partial charge in [-0.25, -0.2) is 4.98 Å². The summed E-state index contributed by atoms with van der Waals surface area (Å²) in [5.74, 6) is 0.0940. The van der Waals surface area contributed by atoms with Crippen LogP contribution in [0.25, 0.3) is 0 Å². The topological polar surface area (TPSA) is 71.5 Å². The lowest BCUT2D eigenvalue weighted by atomic mass is 10.2. The van der Waals surface area contributed by atoms with Gasteiger partial charge in [-0.1, -0.05) is 16.9 Å². The molecule has 0 saturated carbocycles. The number of nitrogens with two attached hydrogens (primary N) is 1. The van der Waals surface area contributed by atoms with E-state index in [1.165, 1.54) is 0 Å². The minimum atomic E-state index is 0.0940. The first kappa shape index (κ1) is 12.4. The quantitative estimate of drug-likeness (QED) is 0.392. The number of hydrogen-bond donors (Lipinski definition) is 2. The van der Waals surface area contributed by atoms with E-state index < -0.39 is 0 Å². The summed E-state index contributed by atoms with van der Waals surface area (Å²) in [6.45, 7) is 0. The maximum atomic E-state index is 8.59. The summed E-state index contributed by atoms with van der Waals surface area (Å²) in [6, 6.07) is 5.52. The van der Waals surface area contributed by atoms with Gasteiger partial charge in [0.1, 0.15) is 0 Å². The highest BCUT2D eigenvalue weighted by atomic mass is 79.9. The smallest absolute Gasteiger partial charge is 0.170 e. The van der Waals surface area contributed by atoms with E-state index in [4.69, 9.17) is 10.9 Å². The summed E-state index contributed by atoms with van der Waals surface area (Å²) in [7, 11) is 0. The molecule has 1 aromatic carbocycles. The maximum absolute atomic E-state index is 8.59. The first-order valence-electron chi connectivity index (χ1n) is 4.55. The summed E-state index contributed by atoms with van der Waals surface area (Å²) in [5.41, 5.74) is 6.18. The summed E-state index contributed by atoms with van der Waals surface area (Å²) in [5, 5.41) is 13.5. The number of thiazole rings is 1. The highest BCUT2D eigenvalue weighted by molar-refractivity contribution is 9.10. The van der Waals surface area contributed by atoms with Crippen LogP contribution in [0.15, 0.2) is 48.6 Å². The fourth-order valence-electron chi connectivity index (χ4n) is 1.16. The minimum absolute atomic E-state index is 0.0940. The van der Waals surface area contributed by atoms with Crippen molar-refractivity contribution in [1.29, 1.82) is 0 Å². The second-order valence-corrected chi connectivity index (χ2v) is 6.07. The van der Waals surface area contributed by atoms with Crippen LogP contribution in [0.4, 0.5) is 0 Å². The number of halogens is 1. The third-order valence-electron chi connectivity index (χ3n) is 1.94.